The molecule has 3 N–H and O–H groups in total. The number of aliphatic hydroxyl groups is 1. The number of β-amino-alcohol motifs (C(OH)–C–C–N with tert-alkyl or cyclic N) is 1. The molecule has 0 bridgehead atoms. The Morgan fingerprint density at radius 1 is 1.42 bits per heavy atom. The minimum absolute atomic E-state index is 0.000113. The van der Waals surface area contributed by atoms with Crippen LogP contribution in [0.4, 0.5) is 4.79 Å². The van der Waals surface area contributed by atoms with E-state index < -0.39 is 24.1 Å². The zero-order chi connectivity index (χ0) is 14.6. The van der Waals surface area contributed by atoms with Crippen LogP contribution in [0.5, 0.6) is 0 Å². The van der Waals surface area contributed by atoms with E-state index in [0.717, 1.165) is 4.90 Å². The van der Waals surface area contributed by atoms with E-state index in [2.05, 4.69) is 5.32 Å². The van der Waals surface area contributed by atoms with Crippen molar-refractivity contribution in [2.24, 2.45) is 0 Å². The Labute approximate surface area is 111 Å². The molecule has 8 heteroatoms. The Hall–Kier alpha value is -1.83. The van der Waals surface area contributed by atoms with Gasteiger partial charge in [0.1, 0.15) is 6.04 Å². The number of hydrogen-bond acceptors (Lipinski definition) is 4. The van der Waals surface area contributed by atoms with Crippen LogP contribution >= 0.6 is 0 Å². The van der Waals surface area contributed by atoms with Gasteiger partial charge >= 0.3 is 12.0 Å². The zero-order valence-electron chi connectivity index (χ0n) is 11.0. The van der Waals surface area contributed by atoms with Crippen molar-refractivity contribution in [2.75, 3.05) is 27.2 Å². The van der Waals surface area contributed by atoms with Gasteiger partial charge in [0.2, 0.25) is 5.91 Å². The second-order valence-electron chi connectivity index (χ2n) is 4.52. The lowest BCUT2D eigenvalue weighted by Gasteiger charge is -2.27. The van der Waals surface area contributed by atoms with Crippen LogP contribution in [0.3, 0.4) is 0 Å². The first-order valence-electron chi connectivity index (χ1n) is 6.00. The fourth-order valence-electron chi connectivity index (χ4n) is 1.97. The van der Waals surface area contributed by atoms with Crippen LogP contribution in [0.15, 0.2) is 0 Å². The zero-order valence-corrected chi connectivity index (χ0v) is 11.0. The molecule has 8 nitrogen and oxygen atoms in total. The number of carbonyl (C=O) groups excluding carboxylic acids is 2. The van der Waals surface area contributed by atoms with Crippen molar-refractivity contribution < 1.29 is 24.6 Å². The molecule has 1 unspecified atom stereocenters. The van der Waals surface area contributed by atoms with Gasteiger partial charge in [0.25, 0.3) is 0 Å². The van der Waals surface area contributed by atoms with Gasteiger partial charge in [-0.3, -0.25) is 4.79 Å². The van der Waals surface area contributed by atoms with Crippen molar-refractivity contribution in [1.29, 1.82) is 0 Å². The summed E-state index contributed by atoms with van der Waals surface area (Å²) in [4.78, 5) is 36.6. The number of nitrogens with one attached hydrogen (secondary N) is 1. The molecule has 2 atom stereocenters. The number of aliphatic hydroxyl groups excluding tert-OH is 1. The molecule has 0 aromatic rings. The van der Waals surface area contributed by atoms with E-state index in [1.54, 1.807) is 0 Å². The Kier molecular flexibility index (Phi) is 5.11. The van der Waals surface area contributed by atoms with Gasteiger partial charge in [-0.15, -0.1) is 0 Å². The summed E-state index contributed by atoms with van der Waals surface area (Å²) in [6, 6.07) is -1.50. The van der Waals surface area contributed by atoms with Crippen molar-refractivity contribution >= 4 is 17.9 Å². The molecule has 1 fully saturated rings. The Morgan fingerprint density at radius 2 is 2.05 bits per heavy atom. The minimum Gasteiger partial charge on any atom is -0.480 e. The van der Waals surface area contributed by atoms with Crippen molar-refractivity contribution in [3.63, 3.8) is 0 Å². The number of carboxylic acids is 1. The molecule has 1 saturated heterocycles. The number of rotatable bonds is 4. The summed E-state index contributed by atoms with van der Waals surface area (Å²) in [5, 5.41) is 20.9. The highest BCUT2D eigenvalue weighted by Crippen LogP contribution is 2.19. The van der Waals surface area contributed by atoms with Crippen LogP contribution < -0.4 is 5.32 Å². The third-order valence-corrected chi connectivity index (χ3v) is 3.09. The third kappa shape index (κ3) is 3.82. The molecule has 108 valence electrons. The second-order valence-corrected chi connectivity index (χ2v) is 4.52. The largest absolute Gasteiger partial charge is 0.480 e. The van der Waals surface area contributed by atoms with E-state index in [-0.39, 0.29) is 31.8 Å². The first kappa shape index (κ1) is 15.2. The van der Waals surface area contributed by atoms with E-state index in [1.807, 2.05) is 0 Å². The van der Waals surface area contributed by atoms with Crippen molar-refractivity contribution in [2.45, 2.75) is 25.0 Å². The Morgan fingerprint density at radius 3 is 2.58 bits per heavy atom. The molecular weight excluding hydrogens is 254 g/mol. The molecule has 0 saturated carbocycles. The van der Waals surface area contributed by atoms with Crippen LogP contribution in [0.1, 0.15) is 12.8 Å². The maximum atomic E-state index is 12.1. The van der Waals surface area contributed by atoms with Crippen molar-refractivity contribution in [1.82, 2.24) is 15.1 Å². The number of carboxylic acid groups (broad SMARTS) is 1. The highest BCUT2D eigenvalue weighted by Gasteiger charge is 2.39. The lowest BCUT2D eigenvalue weighted by molar-refractivity contribution is -0.141. The molecule has 3 amide bonds. The summed E-state index contributed by atoms with van der Waals surface area (Å²) < 4.78 is 0. The molecule has 0 radical (unpaired) electrons. The molecule has 0 spiro atoms. The summed E-state index contributed by atoms with van der Waals surface area (Å²) in [7, 11) is 3.00. The number of amides is 3. The Balaban J connectivity index is 2.60. The van der Waals surface area contributed by atoms with E-state index in [1.165, 1.54) is 19.0 Å². The van der Waals surface area contributed by atoms with Gasteiger partial charge < -0.3 is 25.3 Å². The monoisotopic (exact) mass is 273 g/mol. The van der Waals surface area contributed by atoms with Crippen molar-refractivity contribution in [3.05, 3.63) is 0 Å². The van der Waals surface area contributed by atoms with Gasteiger partial charge in [0.15, 0.2) is 0 Å². The molecule has 0 aromatic heterocycles. The molecule has 1 heterocycles. The van der Waals surface area contributed by atoms with Crippen LogP contribution in [0.2, 0.25) is 0 Å². The normalized spacial score (nSPS) is 22.2. The highest BCUT2D eigenvalue weighted by atomic mass is 16.4. The van der Waals surface area contributed by atoms with Gasteiger partial charge in [-0.25, -0.2) is 9.59 Å². The average molecular weight is 273 g/mol. The van der Waals surface area contributed by atoms with Gasteiger partial charge in [0, 0.05) is 40.0 Å². The lowest BCUT2D eigenvalue weighted by atomic mass is 10.2. The predicted molar refractivity (Wildman–Crippen MR) is 65.5 cm³/mol. The topological polar surface area (TPSA) is 110 Å². The maximum absolute atomic E-state index is 12.1. The van der Waals surface area contributed by atoms with E-state index in [0.29, 0.717) is 0 Å². The van der Waals surface area contributed by atoms with Gasteiger partial charge in [-0.05, 0) is 0 Å². The van der Waals surface area contributed by atoms with Crippen molar-refractivity contribution in [3.8, 4) is 0 Å². The number of urea groups is 1. The summed E-state index contributed by atoms with van der Waals surface area (Å²) in [6.45, 7) is 0.192. The lowest BCUT2D eigenvalue weighted by Crippen LogP contribution is -2.47. The minimum atomic E-state index is -1.13. The number of carbonyl (C=O) groups is 3. The molecule has 1 rings (SSSR count). The number of hydrogen-bond donors (Lipinski definition) is 3. The molecule has 0 aliphatic carbocycles. The standard InChI is InChI=1S/C11H19N3O5/c1-12-9(16)3-4-13(2)11(19)14-6-7(15)5-8(14)10(17)18/h7-8,15H,3-6H2,1-2H3,(H,12,16)(H,17,18)/t7?,8-/m0/s1. The summed E-state index contributed by atoms with van der Waals surface area (Å²) >= 11 is 0. The predicted octanol–water partition coefficient (Wildman–Crippen LogP) is -1.31. The fraction of sp³-hybridized carbons (Fsp3) is 0.727. The van der Waals surface area contributed by atoms with Gasteiger partial charge in [-0.1, -0.05) is 0 Å². The van der Waals surface area contributed by atoms with Crippen LogP contribution in [-0.2, 0) is 9.59 Å². The quantitative estimate of drug-likeness (QED) is 0.589. The smallest absolute Gasteiger partial charge is 0.326 e. The fourth-order valence-corrected chi connectivity index (χ4v) is 1.97. The number of likely N-dealkylation sites (tertiary alicyclic amines) is 1. The SMILES string of the molecule is CNC(=O)CCN(C)C(=O)N1CC(O)C[C@H]1C(=O)O. The molecule has 19 heavy (non-hydrogen) atoms. The third-order valence-electron chi connectivity index (χ3n) is 3.09. The Bertz CT molecular complexity index is 373. The first-order chi connectivity index (χ1) is 8.86. The van der Waals surface area contributed by atoms with Gasteiger partial charge in [-0.2, -0.15) is 0 Å². The van der Waals surface area contributed by atoms with Crippen LogP contribution in [-0.4, -0.2) is 77.3 Å². The van der Waals surface area contributed by atoms with E-state index >= 15 is 0 Å². The maximum Gasteiger partial charge on any atom is 0.326 e. The summed E-state index contributed by atoms with van der Waals surface area (Å²) in [6.07, 6.45) is -0.644. The van der Waals surface area contributed by atoms with Gasteiger partial charge in [0.05, 0.1) is 6.10 Å². The summed E-state index contributed by atoms with van der Waals surface area (Å²) in [5.41, 5.74) is 0. The first-order valence-corrected chi connectivity index (χ1v) is 6.00. The number of aliphatic carboxylic acids is 1. The molecular formula is C11H19N3O5. The number of nitrogens with zero attached hydrogens (tertiary/aromatic N) is 2. The molecule has 0 aromatic carbocycles. The van der Waals surface area contributed by atoms with E-state index in [4.69, 9.17) is 5.11 Å². The molecule has 1 aliphatic heterocycles. The van der Waals surface area contributed by atoms with Crippen LogP contribution in [0.25, 0.3) is 0 Å². The van der Waals surface area contributed by atoms with E-state index in [9.17, 15) is 19.5 Å². The highest BCUT2D eigenvalue weighted by molar-refractivity contribution is 5.84. The average Bonchev–Trinajstić information content (AvgIpc) is 2.76. The summed E-state index contributed by atoms with van der Waals surface area (Å²) in [5.74, 6) is -1.33. The van der Waals surface area contributed by atoms with Crippen LogP contribution in [0, 0.1) is 0 Å². The molecule has 1 aliphatic rings. The second kappa shape index (κ2) is 6.37.